The molecule has 132 valence electrons. The second-order valence-electron chi connectivity index (χ2n) is 5.79. The van der Waals surface area contributed by atoms with Crippen LogP contribution >= 0.6 is 23.2 Å². The number of hydrogen-bond donors (Lipinski definition) is 1. The SMILES string of the molecule is CC(c1ccc(Cl)cc1Cl)N(C)C(=O)CNC(=O)Cc1ccccc1. The highest BCUT2D eigenvalue weighted by molar-refractivity contribution is 6.35. The number of benzene rings is 2. The van der Waals surface area contributed by atoms with E-state index >= 15 is 0 Å². The van der Waals surface area contributed by atoms with Crippen LogP contribution in [-0.4, -0.2) is 30.3 Å². The van der Waals surface area contributed by atoms with Crippen molar-refractivity contribution < 1.29 is 9.59 Å². The van der Waals surface area contributed by atoms with Gasteiger partial charge < -0.3 is 10.2 Å². The van der Waals surface area contributed by atoms with Crippen molar-refractivity contribution >= 4 is 35.0 Å². The van der Waals surface area contributed by atoms with Crippen molar-refractivity contribution in [2.45, 2.75) is 19.4 Å². The molecule has 0 spiro atoms. The number of carbonyl (C=O) groups excluding carboxylic acids is 2. The standard InChI is InChI=1S/C19H20Cl2N2O2/c1-13(16-9-8-15(20)11-17(16)21)23(2)19(25)12-22-18(24)10-14-6-4-3-5-7-14/h3-9,11,13H,10,12H2,1-2H3,(H,22,24). The first kappa shape index (κ1) is 19.3. The monoisotopic (exact) mass is 378 g/mol. The first-order valence-electron chi connectivity index (χ1n) is 7.89. The highest BCUT2D eigenvalue weighted by atomic mass is 35.5. The van der Waals surface area contributed by atoms with Crippen LogP contribution in [0.4, 0.5) is 0 Å². The van der Waals surface area contributed by atoms with E-state index in [-0.39, 0.29) is 30.8 Å². The number of nitrogens with one attached hydrogen (secondary N) is 1. The van der Waals surface area contributed by atoms with Crippen LogP contribution in [0.5, 0.6) is 0 Å². The van der Waals surface area contributed by atoms with Gasteiger partial charge in [0.2, 0.25) is 11.8 Å². The minimum atomic E-state index is -0.233. The molecule has 1 atom stereocenters. The van der Waals surface area contributed by atoms with E-state index in [4.69, 9.17) is 23.2 Å². The van der Waals surface area contributed by atoms with Crippen LogP contribution in [0.15, 0.2) is 48.5 Å². The number of hydrogen-bond acceptors (Lipinski definition) is 2. The van der Waals surface area contributed by atoms with Gasteiger partial charge in [0, 0.05) is 17.1 Å². The molecular weight excluding hydrogens is 359 g/mol. The van der Waals surface area contributed by atoms with Crippen molar-refractivity contribution in [2.24, 2.45) is 0 Å². The van der Waals surface area contributed by atoms with Gasteiger partial charge in [-0.05, 0) is 30.2 Å². The molecule has 0 fully saturated rings. The third-order valence-corrected chi connectivity index (χ3v) is 4.59. The van der Waals surface area contributed by atoms with Gasteiger partial charge in [0.15, 0.2) is 0 Å². The maximum Gasteiger partial charge on any atom is 0.242 e. The summed E-state index contributed by atoms with van der Waals surface area (Å²) in [4.78, 5) is 25.8. The highest BCUT2D eigenvalue weighted by Gasteiger charge is 2.20. The van der Waals surface area contributed by atoms with Crippen LogP contribution in [0, 0.1) is 0 Å². The first-order chi connectivity index (χ1) is 11.9. The third-order valence-electron chi connectivity index (χ3n) is 4.03. The summed E-state index contributed by atoms with van der Waals surface area (Å²) in [5.74, 6) is -0.384. The molecular formula is C19H20Cl2N2O2. The minimum absolute atomic E-state index is 0.0578. The van der Waals surface area contributed by atoms with Crippen LogP contribution in [0.2, 0.25) is 10.0 Å². The van der Waals surface area contributed by atoms with Crippen molar-refractivity contribution in [3.05, 3.63) is 69.7 Å². The lowest BCUT2D eigenvalue weighted by Crippen LogP contribution is -2.39. The Morgan fingerprint density at radius 1 is 1.12 bits per heavy atom. The van der Waals surface area contributed by atoms with Gasteiger partial charge in [0.05, 0.1) is 19.0 Å². The number of nitrogens with zero attached hydrogens (tertiary/aromatic N) is 1. The predicted octanol–water partition coefficient (Wildman–Crippen LogP) is 3.87. The Balaban J connectivity index is 1.90. The molecule has 2 aromatic rings. The van der Waals surface area contributed by atoms with Gasteiger partial charge in [-0.25, -0.2) is 0 Å². The molecule has 0 bridgehead atoms. The maximum absolute atomic E-state index is 12.3. The Morgan fingerprint density at radius 2 is 1.80 bits per heavy atom. The summed E-state index contributed by atoms with van der Waals surface area (Å²) in [7, 11) is 1.68. The minimum Gasteiger partial charge on any atom is -0.347 e. The molecule has 0 heterocycles. The molecule has 25 heavy (non-hydrogen) atoms. The van der Waals surface area contributed by atoms with Gasteiger partial charge in [-0.15, -0.1) is 0 Å². The summed E-state index contributed by atoms with van der Waals surface area (Å²) < 4.78 is 0. The van der Waals surface area contributed by atoms with E-state index < -0.39 is 0 Å². The van der Waals surface area contributed by atoms with Crippen molar-refractivity contribution in [2.75, 3.05) is 13.6 Å². The number of halogens is 2. The molecule has 0 aromatic heterocycles. The summed E-state index contributed by atoms with van der Waals surface area (Å²) in [6.45, 7) is 1.82. The van der Waals surface area contributed by atoms with Crippen LogP contribution < -0.4 is 5.32 Å². The smallest absolute Gasteiger partial charge is 0.242 e. The molecule has 2 rings (SSSR count). The Hall–Kier alpha value is -2.04. The zero-order valence-electron chi connectivity index (χ0n) is 14.1. The van der Waals surface area contributed by atoms with Gasteiger partial charge in [-0.1, -0.05) is 59.6 Å². The summed E-state index contributed by atoms with van der Waals surface area (Å²) in [5.41, 5.74) is 1.71. The van der Waals surface area contributed by atoms with Gasteiger partial charge in [0.25, 0.3) is 0 Å². The number of amides is 2. The second kappa shape index (κ2) is 8.88. The number of carbonyl (C=O) groups is 2. The van der Waals surface area contributed by atoms with Crippen LogP contribution in [0.1, 0.15) is 24.1 Å². The summed E-state index contributed by atoms with van der Waals surface area (Å²) in [6.07, 6.45) is 0.246. The van der Waals surface area contributed by atoms with E-state index in [2.05, 4.69) is 5.32 Å². The Labute approximate surface area is 157 Å². The molecule has 1 unspecified atom stereocenters. The van der Waals surface area contributed by atoms with Gasteiger partial charge >= 0.3 is 0 Å². The zero-order valence-corrected chi connectivity index (χ0v) is 15.6. The van der Waals surface area contributed by atoms with Gasteiger partial charge in [-0.2, -0.15) is 0 Å². The summed E-state index contributed by atoms with van der Waals surface area (Å²) in [5, 5.41) is 3.71. The van der Waals surface area contributed by atoms with Crippen LogP contribution in [-0.2, 0) is 16.0 Å². The van der Waals surface area contributed by atoms with E-state index in [1.807, 2.05) is 37.3 Å². The molecule has 1 N–H and O–H groups in total. The lowest BCUT2D eigenvalue weighted by molar-refractivity contribution is -0.133. The van der Waals surface area contributed by atoms with Crippen LogP contribution in [0.25, 0.3) is 0 Å². The molecule has 0 saturated heterocycles. The van der Waals surface area contributed by atoms with E-state index in [0.29, 0.717) is 10.0 Å². The molecule has 4 nitrogen and oxygen atoms in total. The highest BCUT2D eigenvalue weighted by Crippen LogP contribution is 2.28. The van der Waals surface area contributed by atoms with Gasteiger partial charge in [-0.3, -0.25) is 9.59 Å². The fraction of sp³-hybridized carbons (Fsp3) is 0.263. The van der Waals surface area contributed by atoms with E-state index in [1.165, 1.54) is 0 Å². The second-order valence-corrected chi connectivity index (χ2v) is 6.63. The van der Waals surface area contributed by atoms with Crippen molar-refractivity contribution in [3.63, 3.8) is 0 Å². The predicted molar refractivity (Wildman–Crippen MR) is 101 cm³/mol. The molecule has 2 amide bonds. The quantitative estimate of drug-likeness (QED) is 0.828. The van der Waals surface area contributed by atoms with Crippen molar-refractivity contribution in [1.82, 2.24) is 10.2 Å². The average Bonchev–Trinajstić information content (AvgIpc) is 2.59. The van der Waals surface area contributed by atoms with Gasteiger partial charge in [0.1, 0.15) is 0 Å². The fourth-order valence-electron chi connectivity index (χ4n) is 2.41. The normalized spacial score (nSPS) is 11.7. The Bertz CT molecular complexity index is 750. The van der Waals surface area contributed by atoms with E-state index in [1.54, 1.807) is 30.1 Å². The Kier molecular flexibility index (Phi) is 6.85. The summed E-state index contributed by atoms with van der Waals surface area (Å²) >= 11 is 12.1. The van der Waals surface area contributed by atoms with E-state index in [9.17, 15) is 9.59 Å². The third kappa shape index (κ3) is 5.48. The molecule has 0 aliphatic heterocycles. The molecule has 6 heteroatoms. The molecule has 0 radical (unpaired) electrons. The topological polar surface area (TPSA) is 49.4 Å². The largest absolute Gasteiger partial charge is 0.347 e. The lowest BCUT2D eigenvalue weighted by atomic mass is 10.1. The fourth-order valence-corrected chi connectivity index (χ4v) is 2.97. The number of rotatable bonds is 6. The average molecular weight is 379 g/mol. The lowest BCUT2D eigenvalue weighted by Gasteiger charge is -2.26. The maximum atomic E-state index is 12.3. The first-order valence-corrected chi connectivity index (χ1v) is 8.65. The van der Waals surface area contributed by atoms with Crippen molar-refractivity contribution in [3.8, 4) is 0 Å². The van der Waals surface area contributed by atoms with E-state index in [0.717, 1.165) is 11.1 Å². The zero-order chi connectivity index (χ0) is 18.4. The molecule has 0 aliphatic rings. The summed E-state index contributed by atoms with van der Waals surface area (Å²) in [6, 6.07) is 14.3. The molecule has 0 saturated carbocycles. The van der Waals surface area contributed by atoms with Crippen molar-refractivity contribution in [1.29, 1.82) is 0 Å². The van der Waals surface area contributed by atoms with Crippen LogP contribution in [0.3, 0.4) is 0 Å². The Morgan fingerprint density at radius 3 is 2.44 bits per heavy atom. The molecule has 2 aromatic carbocycles. The number of likely N-dealkylation sites (N-methyl/N-ethyl adjacent to an activating group) is 1. The molecule has 0 aliphatic carbocycles.